The lowest BCUT2D eigenvalue weighted by molar-refractivity contribution is -0.0321. The predicted molar refractivity (Wildman–Crippen MR) is 131 cm³/mol. The van der Waals surface area contributed by atoms with E-state index in [1.165, 1.54) is 10.8 Å². The average molecular weight is 522 g/mol. The molecule has 0 bridgehead atoms. The Hall–Kier alpha value is -1.66. The molecule has 3 heterocycles. The molecule has 2 fully saturated rings. The van der Waals surface area contributed by atoms with Gasteiger partial charge in [0.2, 0.25) is 0 Å². The van der Waals surface area contributed by atoms with Gasteiger partial charge in [-0.25, -0.2) is 9.36 Å². The molecule has 10 nitrogen and oxygen atoms in total. The van der Waals surface area contributed by atoms with Crippen LogP contribution in [0.1, 0.15) is 31.6 Å². The molecule has 1 unspecified atom stereocenters. The highest BCUT2D eigenvalue weighted by molar-refractivity contribution is 8.55. The number of rotatable bonds is 9. The van der Waals surface area contributed by atoms with E-state index in [4.69, 9.17) is 26.4 Å². The van der Waals surface area contributed by atoms with Crippen molar-refractivity contribution >= 4 is 26.0 Å². The van der Waals surface area contributed by atoms with Gasteiger partial charge in [-0.3, -0.25) is 23.4 Å². The van der Waals surface area contributed by atoms with E-state index in [-0.39, 0.29) is 25.6 Å². The SMILES string of the molecule is [B][C@H]1C[C@@H](OP(=O)(OC[C@H]2O[C@@H](n3cc(C)c(=O)[nH]c3=O)C[C@H]2C)Sc2ccccc2)[C@@H](CO)O1. The van der Waals surface area contributed by atoms with Crippen LogP contribution in [0.2, 0.25) is 0 Å². The highest BCUT2D eigenvalue weighted by Gasteiger charge is 2.42. The van der Waals surface area contributed by atoms with E-state index >= 15 is 0 Å². The van der Waals surface area contributed by atoms with E-state index in [1.807, 2.05) is 25.1 Å². The number of ether oxygens (including phenoxy) is 2. The van der Waals surface area contributed by atoms with Gasteiger partial charge in [0.15, 0.2) is 0 Å². The summed E-state index contributed by atoms with van der Waals surface area (Å²) in [6.07, 6.45) is -0.227. The van der Waals surface area contributed by atoms with Crippen LogP contribution in [0.4, 0.5) is 0 Å². The maximum atomic E-state index is 13.8. The number of benzene rings is 1. The molecular formula is C22H28BN2O8PS. The molecule has 35 heavy (non-hydrogen) atoms. The largest absolute Gasteiger partial charge is 0.394 e. The molecule has 2 radical (unpaired) electrons. The van der Waals surface area contributed by atoms with Crippen molar-refractivity contribution in [3.05, 3.63) is 62.9 Å². The van der Waals surface area contributed by atoms with E-state index < -0.39 is 48.6 Å². The van der Waals surface area contributed by atoms with Crippen LogP contribution in [-0.2, 0) is 23.1 Å². The Kier molecular flexibility index (Phi) is 8.43. The van der Waals surface area contributed by atoms with E-state index in [0.717, 1.165) is 11.4 Å². The highest BCUT2D eigenvalue weighted by atomic mass is 32.7. The second-order valence-electron chi connectivity index (χ2n) is 8.74. The third-order valence-corrected chi connectivity index (χ3v) is 9.61. The summed E-state index contributed by atoms with van der Waals surface area (Å²) in [4.78, 5) is 26.9. The van der Waals surface area contributed by atoms with Crippen LogP contribution in [0, 0.1) is 12.8 Å². The van der Waals surface area contributed by atoms with Gasteiger partial charge in [0.1, 0.15) is 20.2 Å². The minimum absolute atomic E-state index is 0.0252. The number of hydrogen-bond donors (Lipinski definition) is 2. The highest BCUT2D eigenvalue weighted by Crippen LogP contribution is 2.65. The van der Waals surface area contributed by atoms with Gasteiger partial charge in [0.25, 0.3) is 5.56 Å². The molecule has 0 spiro atoms. The molecule has 2 aliphatic heterocycles. The van der Waals surface area contributed by atoms with Gasteiger partial charge in [-0.1, -0.05) is 25.1 Å². The van der Waals surface area contributed by atoms with Crippen molar-refractivity contribution < 1.29 is 28.2 Å². The Bertz CT molecular complexity index is 1180. The first kappa shape index (κ1) is 26.4. The maximum absolute atomic E-state index is 13.8. The number of aryl methyl sites for hydroxylation is 1. The minimum atomic E-state index is -3.79. The van der Waals surface area contributed by atoms with Gasteiger partial charge in [-0.05, 0) is 49.2 Å². The van der Waals surface area contributed by atoms with Gasteiger partial charge in [-0.2, -0.15) is 0 Å². The quantitative estimate of drug-likeness (QED) is 0.377. The first-order valence-corrected chi connectivity index (χ1v) is 14.3. The molecular weight excluding hydrogens is 494 g/mol. The Morgan fingerprint density at radius 2 is 1.97 bits per heavy atom. The number of nitrogens with zero attached hydrogens (tertiary/aromatic N) is 1. The molecule has 0 aliphatic carbocycles. The summed E-state index contributed by atoms with van der Waals surface area (Å²) in [6.45, 7) is -0.606. The van der Waals surface area contributed by atoms with Crippen molar-refractivity contribution in [1.82, 2.24) is 9.55 Å². The summed E-state index contributed by atoms with van der Waals surface area (Å²) in [5.74, 6) is -0.0252. The van der Waals surface area contributed by atoms with Gasteiger partial charge in [0.05, 0.1) is 25.4 Å². The molecule has 2 aliphatic rings. The fourth-order valence-electron chi connectivity index (χ4n) is 4.08. The van der Waals surface area contributed by atoms with Crippen molar-refractivity contribution in [2.24, 2.45) is 5.92 Å². The van der Waals surface area contributed by atoms with E-state index in [0.29, 0.717) is 16.9 Å². The molecule has 7 atom stereocenters. The number of aromatic nitrogens is 2. The first-order chi connectivity index (χ1) is 16.7. The molecule has 2 aromatic rings. The van der Waals surface area contributed by atoms with Crippen LogP contribution in [0.25, 0.3) is 0 Å². The zero-order chi connectivity index (χ0) is 25.2. The smallest absolute Gasteiger partial charge is 0.394 e. The monoisotopic (exact) mass is 522 g/mol. The Balaban J connectivity index is 1.48. The van der Waals surface area contributed by atoms with Gasteiger partial charge >= 0.3 is 12.5 Å². The molecule has 13 heteroatoms. The van der Waals surface area contributed by atoms with E-state index in [1.54, 1.807) is 19.1 Å². The summed E-state index contributed by atoms with van der Waals surface area (Å²) in [7, 11) is 5.84. The lowest BCUT2D eigenvalue weighted by Gasteiger charge is -2.25. The summed E-state index contributed by atoms with van der Waals surface area (Å²) in [5.41, 5.74) is -0.598. The second kappa shape index (κ2) is 11.2. The third-order valence-electron chi connectivity index (χ3n) is 6.03. The number of aliphatic hydroxyl groups excluding tert-OH is 1. The van der Waals surface area contributed by atoms with Crippen molar-refractivity contribution in [3.8, 4) is 0 Å². The van der Waals surface area contributed by atoms with Gasteiger partial charge in [0, 0.05) is 22.7 Å². The van der Waals surface area contributed by atoms with E-state index in [9.17, 15) is 19.3 Å². The number of aliphatic hydroxyl groups is 1. The van der Waals surface area contributed by atoms with Crippen LogP contribution in [0.15, 0.2) is 51.0 Å². The minimum Gasteiger partial charge on any atom is -0.394 e. The topological polar surface area (TPSA) is 129 Å². The van der Waals surface area contributed by atoms with Crippen LogP contribution in [0.5, 0.6) is 0 Å². The summed E-state index contributed by atoms with van der Waals surface area (Å²) in [6, 6.07) is 8.42. The Labute approximate surface area is 208 Å². The van der Waals surface area contributed by atoms with Crippen LogP contribution >= 0.6 is 18.2 Å². The normalized spacial score (nSPS) is 30.4. The molecule has 0 saturated carbocycles. The Morgan fingerprint density at radius 3 is 2.69 bits per heavy atom. The number of aromatic amines is 1. The van der Waals surface area contributed by atoms with Crippen molar-refractivity contribution in [2.45, 2.75) is 62.1 Å². The average Bonchev–Trinajstić information content (AvgIpc) is 3.36. The van der Waals surface area contributed by atoms with Crippen LogP contribution < -0.4 is 11.2 Å². The van der Waals surface area contributed by atoms with Crippen LogP contribution in [-0.4, -0.2) is 60.0 Å². The van der Waals surface area contributed by atoms with Crippen LogP contribution in [0.3, 0.4) is 0 Å². The van der Waals surface area contributed by atoms with Gasteiger partial charge < -0.3 is 14.6 Å². The standard InChI is InChI=1S/C22H28BN2O8PS/c1-13-8-20(25-10-14(2)21(27)24-22(25)28)32-18(13)12-30-34(29,35-15-6-4-3-5-7-15)33-16-9-19(23)31-17(16)11-26/h3-7,10,13,16-20,26H,8-9,11-12H2,1-2H3,(H,24,27,28)/t13-,16-,17-,18-,19-,20-,34?/m1/s1. The molecule has 2 saturated heterocycles. The number of nitrogens with one attached hydrogen (secondary N) is 1. The fraction of sp³-hybridized carbons (Fsp3) is 0.545. The molecule has 1 aromatic carbocycles. The number of H-pyrrole nitrogens is 1. The van der Waals surface area contributed by atoms with Crippen molar-refractivity contribution in [1.29, 1.82) is 0 Å². The molecule has 4 rings (SSSR count). The number of hydrogen-bond acceptors (Lipinski definition) is 9. The van der Waals surface area contributed by atoms with Crippen molar-refractivity contribution in [2.75, 3.05) is 13.2 Å². The zero-order valence-electron chi connectivity index (χ0n) is 19.4. The summed E-state index contributed by atoms with van der Waals surface area (Å²) >= 11 is 0.962. The van der Waals surface area contributed by atoms with Gasteiger partial charge in [-0.15, -0.1) is 0 Å². The van der Waals surface area contributed by atoms with Crippen molar-refractivity contribution in [3.63, 3.8) is 0 Å². The molecule has 1 aromatic heterocycles. The molecule has 188 valence electrons. The first-order valence-electron chi connectivity index (χ1n) is 11.3. The fourth-order valence-corrected chi connectivity index (χ4v) is 7.60. The van der Waals surface area contributed by atoms with E-state index in [2.05, 4.69) is 4.98 Å². The zero-order valence-corrected chi connectivity index (χ0v) is 21.2. The second-order valence-corrected chi connectivity index (χ2v) is 12.7. The lowest BCUT2D eigenvalue weighted by atomic mass is 9.96. The Morgan fingerprint density at radius 1 is 1.23 bits per heavy atom. The third kappa shape index (κ3) is 6.38. The predicted octanol–water partition coefficient (Wildman–Crippen LogP) is 2.35. The summed E-state index contributed by atoms with van der Waals surface area (Å²) in [5, 5.41) is 9.61. The maximum Gasteiger partial charge on any atom is 0.394 e. The molecule has 0 amide bonds. The molecule has 2 N–H and O–H groups in total. The summed E-state index contributed by atoms with van der Waals surface area (Å²) < 4.78 is 38.5. The lowest BCUT2D eigenvalue weighted by Crippen LogP contribution is -2.33.